The van der Waals surface area contributed by atoms with Crippen molar-refractivity contribution in [1.29, 1.82) is 0 Å². The van der Waals surface area contributed by atoms with Crippen molar-refractivity contribution in [3.05, 3.63) is 76.1 Å². The van der Waals surface area contributed by atoms with E-state index in [1.807, 2.05) is 36.1 Å². The lowest BCUT2D eigenvalue weighted by Crippen LogP contribution is -2.44. The summed E-state index contributed by atoms with van der Waals surface area (Å²) in [6, 6.07) is 7.10. The van der Waals surface area contributed by atoms with E-state index in [-0.39, 0.29) is 17.4 Å². The van der Waals surface area contributed by atoms with Gasteiger partial charge in [-0.05, 0) is 37.3 Å². The van der Waals surface area contributed by atoms with Gasteiger partial charge in [0.05, 0.1) is 10.8 Å². The van der Waals surface area contributed by atoms with Gasteiger partial charge < -0.3 is 14.4 Å². The van der Waals surface area contributed by atoms with Gasteiger partial charge in [-0.2, -0.15) is 4.98 Å². The van der Waals surface area contributed by atoms with Gasteiger partial charge >= 0.3 is 11.6 Å². The van der Waals surface area contributed by atoms with E-state index in [0.717, 1.165) is 31.1 Å². The summed E-state index contributed by atoms with van der Waals surface area (Å²) in [4.78, 5) is 33.4. The van der Waals surface area contributed by atoms with Crippen LogP contribution < -0.4 is 9.64 Å². The molecule has 9 nitrogen and oxygen atoms in total. The van der Waals surface area contributed by atoms with Gasteiger partial charge in [-0.3, -0.25) is 14.9 Å². The van der Waals surface area contributed by atoms with Crippen LogP contribution in [0.4, 0.5) is 11.5 Å². The Hall–Kier alpha value is -3.59. The minimum atomic E-state index is -1.36. The Morgan fingerprint density at radius 1 is 1.17 bits per heavy atom. The SMILES string of the molecule is CCCC1CCN(c2ncnc(OC3(OCC)C=CC=CC3c3ccc(C=O)cc3)c2[N+](=O)[O-])CC1. The zero-order chi connectivity index (χ0) is 25.5. The van der Waals surface area contributed by atoms with E-state index in [2.05, 4.69) is 16.9 Å². The molecule has 1 saturated heterocycles. The van der Waals surface area contributed by atoms with E-state index in [0.29, 0.717) is 31.2 Å². The first-order valence-corrected chi connectivity index (χ1v) is 12.5. The standard InChI is InChI=1S/C27H32N4O5/c1-3-7-20-13-16-30(17-14-20)25-24(31(33)34)26(29-19-28-25)36-27(35-4-2)15-6-5-8-23(27)22-11-9-21(18-32)10-12-22/h5-6,8-12,15,18-20,23H,3-4,7,13-14,16-17H2,1-2H3. The number of rotatable bonds is 10. The highest BCUT2D eigenvalue weighted by Gasteiger charge is 2.44. The van der Waals surface area contributed by atoms with Crippen molar-refractivity contribution >= 4 is 17.8 Å². The predicted octanol–water partition coefficient (Wildman–Crippen LogP) is 5.24. The molecule has 1 aliphatic carbocycles. The van der Waals surface area contributed by atoms with E-state index in [9.17, 15) is 14.9 Å². The third-order valence-electron chi connectivity index (χ3n) is 6.80. The number of nitro groups is 1. The van der Waals surface area contributed by atoms with Crippen LogP contribution in [0.3, 0.4) is 0 Å². The van der Waals surface area contributed by atoms with Gasteiger partial charge in [-0.1, -0.05) is 62.3 Å². The number of aldehydes is 1. The van der Waals surface area contributed by atoms with Crippen molar-refractivity contribution in [2.45, 2.75) is 51.2 Å². The second-order valence-corrected chi connectivity index (χ2v) is 9.09. The minimum Gasteiger partial charge on any atom is -0.435 e. The van der Waals surface area contributed by atoms with Gasteiger partial charge in [0.25, 0.3) is 0 Å². The summed E-state index contributed by atoms with van der Waals surface area (Å²) in [7, 11) is 0. The number of hydrogen-bond acceptors (Lipinski definition) is 8. The molecule has 2 unspecified atom stereocenters. The summed E-state index contributed by atoms with van der Waals surface area (Å²) in [5, 5.41) is 12.3. The molecule has 0 saturated carbocycles. The summed E-state index contributed by atoms with van der Waals surface area (Å²) >= 11 is 0. The first-order valence-electron chi connectivity index (χ1n) is 12.5. The lowest BCUT2D eigenvalue weighted by atomic mass is 9.86. The zero-order valence-corrected chi connectivity index (χ0v) is 20.7. The predicted molar refractivity (Wildman–Crippen MR) is 136 cm³/mol. The van der Waals surface area contributed by atoms with Gasteiger partial charge in [0.1, 0.15) is 12.6 Å². The lowest BCUT2D eigenvalue weighted by Gasteiger charge is -2.38. The fourth-order valence-corrected chi connectivity index (χ4v) is 5.03. The monoisotopic (exact) mass is 492 g/mol. The average Bonchev–Trinajstić information content (AvgIpc) is 2.89. The third-order valence-corrected chi connectivity index (χ3v) is 6.80. The highest BCUT2D eigenvalue weighted by atomic mass is 16.7. The van der Waals surface area contributed by atoms with Crippen molar-refractivity contribution in [2.24, 2.45) is 5.92 Å². The van der Waals surface area contributed by atoms with Crippen LogP contribution in [0.1, 0.15) is 61.4 Å². The summed E-state index contributed by atoms with van der Waals surface area (Å²) < 4.78 is 12.5. The average molecular weight is 493 g/mol. The number of nitrogens with zero attached hydrogens (tertiary/aromatic N) is 4. The number of ether oxygens (including phenoxy) is 2. The quantitative estimate of drug-likeness (QED) is 0.192. The Labute approximate surface area is 211 Å². The van der Waals surface area contributed by atoms with Crippen molar-refractivity contribution in [3.63, 3.8) is 0 Å². The molecule has 9 heteroatoms. The van der Waals surface area contributed by atoms with E-state index >= 15 is 0 Å². The number of allylic oxidation sites excluding steroid dienone is 2. The minimum absolute atomic E-state index is 0.136. The van der Waals surface area contributed by atoms with Crippen LogP contribution >= 0.6 is 0 Å². The maximum atomic E-state index is 12.3. The molecule has 2 atom stereocenters. The Morgan fingerprint density at radius 3 is 2.56 bits per heavy atom. The molecule has 1 fully saturated rings. The zero-order valence-electron chi connectivity index (χ0n) is 20.7. The second kappa shape index (κ2) is 11.4. The van der Waals surface area contributed by atoms with E-state index in [4.69, 9.17) is 9.47 Å². The smallest absolute Gasteiger partial charge is 0.373 e. The number of benzene rings is 1. The molecule has 190 valence electrons. The maximum absolute atomic E-state index is 12.3. The van der Waals surface area contributed by atoms with Crippen molar-refractivity contribution < 1.29 is 19.2 Å². The molecule has 1 aliphatic heterocycles. The Balaban J connectivity index is 1.69. The normalized spacial score (nSPS) is 21.9. The molecule has 0 N–H and O–H groups in total. The number of aromatic nitrogens is 2. The van der Waals surface area contributed by atoms with Gasteiger partial charge in [0.2, 0.25) is 11.6 Å². The van der Waals surface area contributed by atoms with Crippen LogP contribution in [-0.4, -0.2) is 46.7 Å². The fourth-order valence-electron chi connectivity index (χ4n) is 5.03. The van der Waals surface area contributed by atoms with Gasteiger partial charge in [-0.25, -0.2) is 4.98 Å². The van der Waals surface area contributed by atoms with E-state index in [1.165, 1.54) is 12.7 Å². The maximum Gasteiger partial charge on any atom is 0.373 e. The van der Waals surface area contributed by atoms with Crippen LogP contribution in [0, 0.1) is 16.0 Å². The summed E-state index contributed by atoms with van der Waals surface area (Å²) in [5.74, 6) is -1.02. The van der Waals surface area contributed by atoms with E-state index in [1.54, 1.807) is 24.3 Å². The highest BCUT2D eigenvalue weighted by molar-refractivity contribution is 5.74. The van der Waals surface area contributed by atoms with Crippen molar-refractivity contribution in [3.8, 4) is 5.88 Å². The molecule has 0 radical (unpaired) electrons. The van der Waals surface area contributed by atoms with Crippen LogP contribution in [-0.2, 0) is 4.74 Å². The largest absolute Gasteiger partial charge is 0.435 e. The topological polar surface area (TPSA) is 108 Å². The van der Waals surface area contributed by atoms with Gasteiger partial charge in [0.15, 0.2) is 0 Å². The lowest BCUT2D eigenvalue weighted by molar-refractivity contribution is -0.386. The molecule has 36 heavy (non-hydrogen) atoms. The van der Waals surface area contributed by atoms with Crippen molar-refractivity contribution in [2.75, 3.05) is 24.6 Å². The first kappa shape index (κ1) is 25.5. The molecule has 1 aromatic heterocycles. The molecule has 0 bridgehead atoms. The summed E-state index contributed by atoms with van der Waals surface area (Å²) in [5.41, 5.74) is 1.13. The summed E-state index contributed by atoms with van der Waals surface area (Å²) in [6.07, 6.45) is 13.7. The first-order chi connectivity index (χ1) is 17.5. The Morgan fingerprint density at radius 2 is 1.92 bits per heavy atom. The number of carbonyl (C=O) groups excluding carboxylic acids is 1. The molecule has 0 spiro atoms. The van der Waals surface area contributed by atoms with E-state index < -0.39 is 16.6 Å². The van der Waals surface area contributed by atoms with Crippen LogP contribution in [0.25, 0.3) is 0 Å². The Bertz CT molecular complexity index is 1130. The van der Waals surface area contributed by atoms with Crippen LogP contribution in [0.15, 0.2) is 54.9 Å². The summed E-state index contributed by atoms with van der Waals surface area (Å²) in [6.45, 7) is 5.72. The van der Waals surface area contributed by atoms with Crippen molar-refractivity contribution in [1.82, 2.24) is 9.97 Å². The number of hydrogen-bond donors (Lipinski definition) is 0. The molecule has 4 rings (SSSR count). The molecular weight excluding hydrogens is 460 g/mol. The number of piperidine rings is 1. The second-order valence-electron chi connectivity index (χ2n) is 9.09. The molecular formula is C27H32N4O5. The highest BCUT2D eigenvalue weighted by Crippen LogP contribution is 2.43. The van der Waals surface area contributed by atoms with Gasteiger partial charge in [0, 0.05) is 25.3 Å². The molecule has 2 heterocycles. The molecule has 2 aromatic rings. The molecule has 1 aromatic carbocycles. The van der Waals surface area contributed by atoms with Gasteiger partial charge in [-0.15, -0.1) is 0 Å². The van der Waals surface area contributed by atoms with Crippen LogP contribution in [0.2, 0.25) is 0 Å². The number of anilines is 1. The van der Waals surface area contributed by atoms with Crippen LogP contribution in [0.5, 0.6) is 5.88 Å². The Kier molecular flexibility index (Phi) is 8.10. The molecule has 0 amide bonds. The number of carbonyl (C=O) groups is 1. The fraction of sp³-hybridized carbons (Fsp3) is 0.444. The third kappa shape index (κ3) is 5.31. The molecule has 2 aliphatic rings.